The maximum absolute atomic E-state index is 11.7. The van der Waals surface area contributed by atoms with Gasteiger partial charge in [0.15, 0.2) is 0 Å². The predicted octanol–water partition coefficient (Wildman–Crippen LogP) is 2.04. The monoisotopic (exact) mass is 353 g/mol. The van der Waals surface area contributed by atoms with Gasteiger partial charge in [0.25, 0.3) is 0 Å². The maximum atomic E-state index is 11.7. The maximum Gasteiger partial charge on any atom is 0.211 e. The highest BCUT2D eigenvalue weighted by atomic mass is 32.2. The number of hydrogen-bond acceptors (Lipinski definition) is 5. The zero-order valence-corrected chi connectivity index (χ0v) is 15.4. The van der Waals surface area contributed by atoms with Gasteiger partial charge in [0.05, 0.1) is 12.4 Å². The summed E-state index contributed by atoms with van der Waals surface area (Å²) < 4.78 is 24.9. The van der Waals surface area contributed by atoms with Crippen LogP contribution in [-0.4, -0.2) is 65.3 Å². The lowest BCUT2D eigenvalue weighted by Crippen LogP contribution is -2.42. The van der Waals surface area contributed by atoms with E-state index in [0.717, 1.165) is 31.4 Å². The Morgan fingerprint density at radius 1 is 1.33 bits per heavy atom. The smallest absolute Gasteiger partial charge is 0.211 e. The molecule has 0 aromatic heterocycles. The van der Waals surface area contributed by atoms with E-state index in [2.05, 4.69) is 6.92 Å². The third-order valence-corrected chi connectivity index (χ3v) is 9.06. The van der Waals surface area contributed by atoms with Crippen LogP contribution in [-0.2, 0) is 10.0 Å². The molecule has 0 bridgehead atoms. The minimum atomic E-state index is -3.09. The lowest BCUT2D eigenvalue weighted by molar-refractivity contribution is 0.118. The summed E-state index contributed by atoms with van der Waals surface area (Å²) in [6.45, 7) is 3.41. The Morgan fingerprint density at radius 2 is 2.05 bits per heavy atom. The number of sulfonamides is 1. The number of piperidine rings is 1. The van der Waals surface area contributed by atoms with Crippen LogP contribution in [0.1, 0.15) is 32.6 Å². The highest BCUT2D eigenvalue weighted by molar-refractivity contribution is 8.07. The van der Waals surface area contributed by atoms with Crippen LogP contribution in [0.4, 0.5) is 0 Å². The Kier molecular flexibility index (Phi) is 6.74. The lowest BCUT2D eigenvalue weighted by atomic mass is 9.91. The van der Waals surface area contributed by atoms with Gasteiger partial charge in [0.1, 0.15) is 0 Å². The molecule has 4 nitrogen and oxygen atoms in total. The van der Waals surface area contributed by atoms with E-state index in [9.17, 15) is 13.5 Å². The highest BCUT2D eigenvalue weighted by Crippen LogP contribution is 2.37. The molecule has 2 saturated heterocycles. The molecule has 0 radical (unpaired) electrons. The predicted molar refractivity (Wildman–Crippen MR) is 92.5 cm³/mol. The Hall–Kier alpha value is 0.570. The van der Waals surface area contributed by atoms with Crippen molar-refractivity contribution in [3.8, 4) is 0 Å². The second-order valence-electron chi connectivity index (χ2n) is 6.09. The van der Waals surface area contributed by atoms with Gasteiger partial charge in [-0.2, -0.15) is 23.5 Å². The van der Waals surface area contributed by atoms with Gasteiger partial charge in [-0.1, -0.05) is 6.92 Å². The number of thioether (sulfide) groups is 2. The summed E-state index contributed by atoms with van der Waals surface area (Å²) in [6, 6.07) is 0. The fraction of sp³-hybridized carbons (Fsp3) is 1.00. The third-order valence-electron chi connectivity index (χ3n) is 4.40. The SMILES string of the molecule is CCC1SCCSC1C(O)CC1CCCN(S(C)(=O)=O)C1. The summed E-state index contributed by atoms with van der Waals surface area (Å²) in [5.74, 6) is 2.59. The number of hydrogen-bond donors (Lipinski definition) is 1. The molecule has 0 amide bonds. The van der Waals surface area contributed by atoms with Crippen LogP contribution >= 0.6 is 23.5 Å². The average molecular weight is 354 g/mol. The summed E-state index contributed by atoms with van der Waals surface area (Å²) in [4.78, 5) is 0. The van der Waals surface area contributed by atoms with Crippen LogP contribution in [0.3, 0.4) is 0 Å². The topological polar surface area (TPSA) is 57.6 Å². The molecule has 2 rings (SSSR count). The van der Waals surface area contributed by atoms with E-state index in [0.29, 0.717) is 29.5 Å². The quantitative estimate of drug-likeness (QED) is 0.820. The van der Waals surface area contributed by atoms with Crippen LogP contribution in [0.25, 0.3) is 0 Å². The zero-order valence-electron chi connectivity index (χ0n) is 12.9. The van der Waals surface area contributed by atoms with Crippen LogP contribution in [0.15, 0.2) is 0 Å². The van der Waals surface area contributed by atoms with Crippen molar-refractivity contribution in [2.75, 3.05) is 30.9 Å². The van der Waals surface area contributed by atoms with Gasteiger partial charge in [-0.25, -0.2) is 12.7 Å². The van der Waals surface area contributed by atoms with Gasteiger partial charge in [0.2, 0.25) is 10.0 Å². The number of nitrogens with zero attached hydrogens (tertiary/aromatic N) is 1. The first-order valence-corrected chi connectivity index (χ1v) is 11.7. The number of aliphatic hydroxyl groups excluding tert-OH is 1. The summed E-state index contributed by atoms with van der Waals surface area (Å²) in [7, 11) is -3.09. The highest BCUT2D eigenvalue weighted by Gasteiger charge is 2.34. The summed E-state index contributed by atoms with van der Waals surface area (Å²) in [5.41, 5.74) is 0. The first-order valence-electron chi connectivity index (χ1n) is 7.78. The van der Waals surface area contributed by atoms with Crippen molar-refractivity contribution >= 4 is 33.5 Å². The second-order valence-corrected chi connectivity index (χ2v) is 10.7. The number of aliphatic hydroxyl groups is 1. The molecular formula is C14H27NO3S3. The third kappa shape index (κ3) is 5.03. The molecular weight excluding hydrogens is 326 g/mol. The van der Waals surface area contributed by atoms with Gasteiger partial charge in [0, 0.05) is 35.1 Å². The molecule has 0 saturated carbocycles. The molecule has 4 atom stereocenters. The Bertz CT molecular complexity index is 429. The first-order chi connectivity index (χ1) is 9.91. The average Bonchev–Trinajstić information content (AvgIpc) is 2.46. The van der Waals surface area contributed by atoms with Crippen LogP contribution < -0.4 is 0 Å². The lowest BCUT2D eigenvalue weighted by Gasteiger charge is -2.37. The molecule has 2 heterocycles. The van der Waals surface area contributed by atoms with Gasteiger partial charge in [-0.15, -0.1) is 0 Å². The van der Waals surface area contributed by atoms with E-state index >= 15 is 0 Å². The molecule has 4 unspecified atom stereocenters. The van der Waals surface area contributed by atoms with E-state index in [-0.39, 0.29) is 6.10 Å². The summed E-state index contributed by atoms with van der Waals surface area (Å²) in [5, 5.41) is 11.5. The molecule has 0 aromatic rings. The minimum Gasteiger partial charge on any atom is -0.392 e. The molecule has 124 valence electrons. The summed E-state index contributed by atoms with van der Waals surface area (Å²) in [6.07, 6.45) is 4.75. The molecule has 0 aromatic carbocycles. The summed E-state index contributed by atoms with van der Waals surface area (Å²) >= 11 is 3.88. The van der Waals surface area contributed by atoms with E-state index < -0.39 is 10.0 Å². The van der Waals surface area contributed by atoms with E-state index in [1.54, 1.807) is 4.31 Å². The molecule has 7 heteroatoms. The van der Waals surface area contributed by atoms with Crippen molar-refractivity contribution in [1.82, 2.24) is 4.31 Å². The van der Waals surface area contributed by atoms with Gasteiger partial charge >= 0.3 is 0 Å². The van der Waals surface area contributed by atoms with E-state index in [4.69, 9.17) is 0 Å². The molecule has 0 spiro atoms. The Morgan fingerprint density at radius 3 is 2.71 bits per heavy atom. The molecule has 2 aliphatic rings. The number of rotatable bonds is 5. The van der Waals surface area contributed by atoms with Crippen LogP contribution in [0.2, 0.25) is 0 Å². The van der Waals surface area contributed by atoms with Gasteiger partial charge in [-0.3, -0.25) is 0 Å². The Labute approximate surface area is 137 Å². The standard InChI is InChI=1S/C14H27NO3S3/c1-3-13-14(20-8-7-19-13)12(16)9-11-5-4-6-15(10-11)21(2,17)18/h11-14,16H,3-10H2,1-2H3. The van der Waals surface area contributed by atoms with Crippen LogP contribution in [0.5, 0.6) is 0 Å². The van der Waals surface area contributed by atoms with Gasteiger partial charge in [-0.05, 0) is 31.6 Å². The van der Waals surface area contributed by atoms with E-state index in [1.807, 2.05) is 23.5 Å². The molecule has 21 heavy (non-hydrogen) atoms. The zero-order chi connectivity index (χ0) is 15.5. The molecule has 0 aliphatic carbocycles. The van der Waals surface area contributed by atoms with Crippen molar-refractivity contribution in [2.45, 2.75) is 49.2 Å². The molecule has 2 aliphatic heterocycles. The van der Waals surface area contributed by atoms with Crippen LogP contribution in [0, 0.1) is 5.92 Å². The first kappa shape index (κ1) is 17.9. The fourth-order valence-electron chi connectivity index (χ4n) is 3.29. The van der Waals surface area contributed by atoms with Crippen molar-refractivity contribution < 1.29 is 13.5 Å². The van der Waals surface area contributed by atoms with Crippen molar-refractivity contribution in [2.24, 2.45) is 5.92 Å². The largest absolute Gasteiger partial charge is 0.392 e. The van der Waals surface area contributed by atoms with Crippen molar-refractivity contribution in [3.63, 3.8) is 0 Å². The Balaban J connectivity index is 1.91. The van der Waals surface area contributed by atoms with Gasteiger partial charge < -0.3 is 5.11 Å². The molecule has 1 N–H and O–H groups in total. The molecule has 2 fully saturated rings. The second kappa shape index (κ2) is 7.90. The van der Waals surface area contributed by atoms with Crippen molar-refractivity contribution in [1.29, 1.82) is 0 Å². The normalized spacial score (nSPS) is 33.8. The minimum absolute atomic E-state index is 0.300. The van der Waals surface area contributed by atoms with Crippen molar-refractivity contribution in [3.05, 3.63) is 0 Å². The van der Waals surface area contributed by atoms with E-state index in [1.165, 1.54) is 12.0 Å². The fourth-order valence-corrected chi connectivity index (χ4v) is 7.40.